The second kappa shape index (κ2) is 15.9. The standard InChI is InChI=1S/C53H45N5/c1-35(2)58(36(3)4)34-14-15-37-22-24-41(25-23-37)53-48-32-30-46(56-48)51(39-18-10-6-11-19-39)44-28-26-42(54-44)50(38-16-8-5-9-17-38)43-27-29-45(55-43)52(40-20-12-7-13-21-40)47-31-33-49(53)57-47/h5-13,16-33,35-36,54,57H,34H2,1-4H3. The normalized spacial score (nSPS) is 12.1. The summed E-state index contributed by atoms with van der Waals surface area (Å²) in [6.07, 6.45) is 8.56. The fraction of sp³-hybridized carbons (Fsp3) is 0.132. The van der Waals surface area contributed by atoms with Crippen LogP contribution < -0.4 is 0 Å². The third-order valence-corrected chi connectivity index (χ3v) is 10.9. The second-order valence-electron chi connectivity index (χ2n) is 15.3. The van der Waals surface area contributed by atoms with E-state index in [1.165, 1.54) is 0 Å². The Hall–Kier alpha value is -7.00. The Morgan fingerprint density at radius 1 is 0.431 bits per heavy atom. The molecule has 2 aliphatic heterocycles. The first-order chi connectivity index (χ1) is 28.4. The lowest BCUT2D eigenvalue weighted by molar-refractivity contribution is 0.200. The van der Waals surface area contributed by atoms with Gasteiger partial charge in [0, 0.05) is 62.0 Å². The van der Waals surface area contributed by atoms with E-state index in [1.807, 2.05) is 0 Å². The molecule has 0 aliphatic carbocycles. The SMILES string of the molecule is CC(C)N(CC#Cc1ccc(-c2c3nc(c(-c4ccccc4)c4ccc([nH]4)c(-c4ccccc4)c4nc(c(-c5ccccc5)c5ccc2[nH]5)C=C4)C=C3)cc1)C(C)C. The van der Waals surface area contributed by atoms with Crippen LogP contribution in [0.25, 0.3) is 90.9 Å². The third kappa shape index (κ3) is 7.23. The van der Waals surface area contributed by atoms with Crippen LogP contribution in [0.2, 0.25) is 0 Å². The molecule has 9 rings (SSSR count). The van der Waals surface area contributed by atoms with E-state index in [2.05, 4.69) is 218 Å². The molecule has 282 valence electrons. The highest BCUT2D eigenvalue weighted by molar-refractivity contribution is 5.99. The summed E-state index contributed by atoms with van der Waals surface area (Å²) in [6.45, 7) is 9.63. The summed E-state index contributed by atoms with van der Waals surface area (Å²) >= 11 is 0. The number of rotatable bonds is 7. The number of aromatic nitrogens is 4. The zero-order valence-corrected chi connectivity index (χ0v) is 33.3. The highest BCUT2D eigenvalue weighted by Crippen LogP contribution is 2.38. The number of nitrogens with one attached hydrogen (secondary N) is 2. The van der Waals surface area contributed by atoms with Crippen molar-refractivity contribution in [2.75, 3.05) is 6.54 Å². The second-order valence-corrected chi connectivity index (χ2v) is 15.3. The average Bonchev–Trinajstić information content (AvgIpc) is 4.09. The predicted octanol–water partition coefficient (Wildman–Crippen LogP) is 12.8. The summed E-state index contributed by atoms with van der Waals surface area (Å²) < 4.78 is 0. The van der Waals surface area contributed by atoms with Crippen molar-refractivity contribution < 1.29 is 0 Å². The smallest absolute Gasteiger partial charge is 0.0737 e. The number of hydrogen-bond acceptors (Lipinski definition) is 3. The van der Waals surface area contributed by atoms with Crippen molar-refractivity contribution in [3.05, 3.63) is 168 Å². The maximum atomic E-state index is 5.44. The van der Waals surface area contributed by atoms with Crippen LogP contribution >= 0.6 is 0 Å². The van der Waals surface area contributed by atoms with Gasteiger partial charge in [-0.3, -0.25) is 4.90 Å². The van der Waals surface area contributed by atoms with E-state index in [1.54, 1.807) is 0 Å². The lowest BCUT2D eigenvalue weighted by Gasteiger charge is -2.28. The summed E-state index contributed by atoms with van der Waals surface area (Å²) in [4.78, 5) is 20.9. The van der Waals surface area contributed by atoms with Gasteiger partial charge in [0.25, 0.3) is 0 Å². The van der Waals surface area contributed by atoms with Gasteiger partial charge in [-0.05, 0) is 111 Å². The molecule has 4 aromatic carbocycles. The van der Waals surface area contributed by atoms with Gasteiger partial charge in [0.15, 0.2) is 0 Å². The molecule has 7 aromatic rings. The van der Waals surface area contributed by atoms with Crippen LogP contribution in [0.4, 0.5) is 0 Å². The maximum Gasteiger partial charge on any atom is 0.0737 e. The van der Waals surface area contributed by atoms with Crippen molar-refractivity contribution in [3.8, 4) is 56.3 Å². The number of nitrogens with zero attached hydrogens (tertiary/aromatic N) is 3. The average molecular weight is 752 g/mol. The Balaban J connectivity index is 1.33. The Labute approximate surface area is 340 Å². The van der Waals surface area contributed by atoms with Crippen LogP contribution in [0.15, 0.2) is 140 Å². The van der Waals surface area contributed by atoms with Gasteiger partial charge in [-0.1, -0.05) is 115 Å². The van der Waals surface area contributed by atoms with Gasteiger partial charge in [-0.2, -0.15) is 0 Å². The lowest BCUT2D eigenvalue weighted by Crippen LogP contribution is -2.37. The molecule has 5 nitrogen and oxygen atoms in total. The monoisotopic (exact) mass is 751 g/mol. The van der Waals surface area contributed by atoms with Gasteiger partial charge in [0.05, 0.1) is 29.3 Å². The van der Waals surface area contributed by atoms with Gasteiger partial charge < -0.3 is 9.97 Å². The summed E-state index contributed by atoms with van der Waals surface area (Å²) in [5.41, 5.74) is 16.9. The van der Waals surface area contributed by atoms with Gasteiger partial charge in [-0.15, -0.1) is 0 Å². The van der Waals surface area contributed by atoms with Crippen LogP contribution in [-0.2, 0) is 0 Å². The van der Waals surface area contributed by atoms with Gasteiger partial charge in [0.1, 0.15) is 0 Å². The molecule has 2 aliphatic rings. The minimum absolute atomic E-state index is 0.435. The first-order valence-corrected chi connectivity index (χ1v) is 20.1. The Morgan fingerprint density at radius 3 is 1.09 bits per heavy atom. The van der Waals surface area contributed by atoms with E-state index >= 15 is 0 Å². The molecular formula is C53H45N5. The van der Waals surface area contributed by atoms with Crippen molar-refractivity contribution in [3.63, 3.8) is 0 Å². The molecule has 0 saturated carbocycles. The molecule has 0 radical (unpaired) electrons. The van der Waals surface area contributed by atoms with Crippen LogP contribution in [0, 0.1) is 11.8 Å². The first kappa shape index (κ1) is 36.6. The molecule has 58 heavy (non-hydrogen) atoms. The van der Waals surface area contributed by atoms with Crippen LogP contribution in [-0.4, -0.2) is 43.5 Å². The molecule has 5 heterocycles. The zero-order valence-electron chi connectivity index (χ0n) is 33.3. The molecule has 0 fully saturated rings. The van der Waals surface area contributed by atoms with Crippen LogP contribution in [0.5, 0.6) is 0 Å². The Bertz CT molecular complexity index is 2860. The van der Waals surface area contributed by atoms with E-state index < -0.39 is 0 Å². The minimum atomic E-state index is 0.435. The summed E-state index contributed by atoms with van der Waals surface area (Å²) in [5, 5.41) is 0. The maximum absolute atomic E-state index is 5.44. The molecule has 2 N–H and O–H groups in total. The fourth-order valence-corrected chi connectivity index (χ4v) is 8.15. The van der Waals surface area contributed by atoms with E-state index in [4.69, 9.17) is 9.97 Å². The van der Waals surface area contributed by atoms with E-state index in [0.717, 1.165) is 101 Å². The largest absolute Gasteiger partial charge is 0.354 e. The van der Waals surface area contributed by atoms with Gasteiger partial charge in [-0.25, -0.2) is 9.97 Å². The Morgan fingerprint density at radius 2 is 0.759 bits per heavy atom. The molecule has 0 unspecified atom stereocenters. The molecule has 5 heteroatoms. The Kier molecular flexibility index (Phi) is 10.0. The van der Waals surface area contributed by atoms with Gasteiger partial charge in [0.2, 0.25) is 0 Å². The van der Waals surface area contributed by atoms with Crippen molar-refractivity contribution in [1.82, 2.24) is 24.8 Å². The van der Waals surface area contributed by atoms with Crippen molar-refractivity contribution >= 4 is 46.4 Å². The topological polar surface area (TPSA) is 60.6 Å². The molecule has 3 aromatic heterocycles. The molecule has 0 atom stereocenters. The van der Waals surface area contributed by atoms with Crippen LogP contribution in [0.3, 0.4) is 0 Å². The van der Waals surface area contributed by atoms with Gasteiger partial charge >= 0.3 is 0 Å². The van der Waals surface area contributed by atoms with E-state index in [9.17, 15) is 0 Å². The number of aromatic amines is 2. The van der Waals surface area contributed by atoms with E-state index in [-0.39, 0.29) is 0 Å². The highest BCUT2D eigenvalue weighted by Gasteiger charge is 2.19. The summed E-state index contributed by atoms with van der Waals surface area (Å²) in [7, 11) is 0. The lowest BCUT2D eigenvalue weighted by atomic mass is 10.0. The molecule has 0 saturated heterocycles. The highest BCUT2D eigenvalue weighted by atomic mass is 15.2. The number of H-pyrrole nitrogens is 2. The molecule has 0 spiro atoms. The molecular weight excluding hydrogens is 707 g/mol. The van der Waals surface area contributed by atoms with Crippen LogP contribution in [0.1, 0.15) is 56.0 Å². The summed E-state index contributed by atoms with van der Waals surface area (Å²) in [5.74, 6) is 6.84. The number of hydrogen-bond donors (Lipinski definition) is 2. The minimum Gasteiger partial charge on any atom is -0.354 e. The number of benzene rings is 4. The van der Waals surface area contributed by atoms with E-state index in [0.29, 0.717) is 12.1 Å². The fourth-order valence-electron chi connectivity index (χ4n) is 8.15. The third-order valence-electron chi connectivity index (χ3n) is 10.9. The zero-order chi connectivity index (χ0) is 39.6. The van der Waals surface area contributed by atoms with Crippen molar-refractivity contribution in [1.29, 1.82) is 0 Å². The molecule has 8 bridgehead atoms. The van der Waals surface area contributed by atoms with Crippen molar-refractivity contribution in [2.24, 2.45) is 0 Å². The first-order valence-electron chi connectivity index (χ1n) is 20.1. The van der Waals surface area contributed by atoms with Crippen molar-refractivity contribution in [2.45, 2.75) is 39.8 Å². The quantitative estimate of drug-likeness (QED) is 0.159. The predicted molar refractivity (Wildman–Crippen MR) is 244 cm³/mol. The number of fused-ring (bicyclic) bond motifs is 8. The summed E-state index contributed by atoms with van der Waals surface area (Å²) in [6, 6.07) is 49.7. The molecule has 0 amide bonds.